The molecule has 3 aliphatic heterocycles. The zero-order valence-corrected chi connectivity index (χ0v) is 12.0. The normalized spacial score (nSPS) is 27.3. The monoisotopic (exact) mass is 288 g/mol. The molecule has 1 N–H and O–H groups in total. The molecule has 5 heteroatoms. The number of piperidine rings is 1. The Labute approximate surface area is 124 Å². The topological polar surface area (TPSA) is 50.8 Å². The van der Waals surface area contributed by atoms with Gasteiger partial charge in [0.05, 0.1) is 0 Å². The third-order valence-electron chi connectivity index (χ3n) is 4.73. The molecule has 0 saturated carbocycles. The second-order valence-electron chi connectivity index (χ2n) is 5.98. The molecule has 3 aliphatic rings. The average Bonchev–Trinajstić information content (AvgIpc) is 3.02. The van der Waals surface area contributed by atoms with Crippen LogP contribution in [-0.4, -0.2) is 49.7 Å². The molecule has 1 aromatic rings. The van der Waals surface area contributed by atoms with Gasteiger partial charge in [-0.3, -0.25) is 4.79 Å². The molecule has 0 spiro atoms. The van der Waals surface area contributed by atoms with Crippen LogP contribution in [0.2, 0.25) is 0 Å². The lowest BCUT2D eigenvalue weighted by Gasteiger charge is -2.37. The molecule has 0 bridgehead atoms. The van der Waals surface area contributed by atoms with Crippen molar-refractivity contribution < 1.29 is 14.3 Å². The van der Waals surface area contributed by atoms with Crippen LogP contribution in [0.25, 0.3) is 0 Å². The van der Waals surface area contributed by atoms with Gasteiger partial charge < -0.3 is 19.7 Å². The second kappa shape index (κ2) is 5.22. The number of benzene rings is 1. The molecule has 1 amide bonds. The number of hydrogen-bond donors (Lipinski definition) is 1. The van der Waals surface area contributed by atoms with Crippen LogP contribution in [0, 0.1) is 5.92 Å². The van der Waals surface area contributed by atoms with Gasteiger partial charge in [-0.25, -0.2) is 0 Å². The van der Waals surface area contributed by atoms with E-state index < -0.39 is 0 Å². The van der Waals surface area contributed by atoms with Crippen LogP contribution in [-0.2, 0) is 0 Å². The number of nitrogens with one attached hydrogen (secondary N) is 1. The third kappa shape index (κ3) is 2.25. The minimum atomic E-state index is 0.116. The van der Waals surface area contributed by atoms with E-state index in [-0.39, 0.29) is 5.91 Å². The highest BCUT2D eigenvalue weighted by molar-refractivity contribution is 5.95. The van der Waals surface area contributed by atoms with E-state index >= 15 is 0 Å². The Morgan fingerprint density at radius 2 is 2.05 bits per heavy atom. The highest BCUT2D eigenvalue weighted by Gasteiger charge is 2.37. The van der Waals surface area contributed by atoms with E-state index in [1.807, 2.05) is 23.1 Å². The molecule has 0 radical (unpaired) electrons. The van der Waals surface area contributed by atoms with Crippen LogP contribution in [0.3, 0.4) is 0 Å². The zero-order chi connectivity index (χ0) is 14.2. The Morgan fingerprint density at radius 1 is 1.19 bits per heavy atom. The highest BCUT2D eigenvalue weighted by Crippen LogP contribution is 2.33. The maximum Gasteiger partial charge on any atom is 0.254 e. The predicted octanol–water partition coefficient (Wildman–Crippen LogP) is 1.28. The Hall–Kier alpha value is -1.75. The Bertz CT molecular complexity index is 560. The number of carbonyl (C=O) groups is 1. The van der Waals surface area contributed by atoms with Crippen LogP contribution >= 0.6 is 0 Å². The quantitative estimate of drug-likeness (QED) is 0.846. The summed E-state index contributed by atoms with van der Waals surface area (Å²) in [6, 6.07) is 5.86. The van der Waals surface area contributed by atoms with E-state index in [1.165, 1.54) is 6.42 Å². The lowest BCUT2D eigenvalue weighted by atomic mass is 9.91. The lowest BCUT2D eigenvalue weighted by Crippen LogP contribution is -2.48. The maximum absolute atomic E-state index is 12.8. The summed E-state index contributed by atoms with van der Waals surface area (Å²) in [4.78, 5) is 14.9. The number of amides is 1. The van der Waals surface area contributed by atoms with Crippen molar-refractivity contribution >= 4 is 5.91 Å². The number of likely N-dealkylation sites (tertiary alicyclic amines) is 1. The molecule has 0 aromatic heterocycles. The molecule has 21 heavy (non-hydrogen) atoms. The summed E-state index contributed by atoms with van der Waals surface area (Å²) in [5.41, 5.74) is 0.701. The fourth-order valence-electron chi connectivity index (χ4n) is 3.66. The van der Waals surface area contributed by atoms with Gasteiger partial charge in [-0.1, -0.05) is 0 Å². The first kappa shape index (κ1) is 13.0. The summed E-state index contributed by atoms with van der Waals surface area (Å²) >= 11 is 0. The van der Waals surface area contributed by atoms with E-state index in [0.717, 1.165) is 31.8 Å². The third-order valence-corrected chi connectivity index (χ3v) is 4.73. The lowest BCUT2D eigenvalue weighted by molar-refractivity contribution is 0.0574. The van der Waals surface area contributed by atoms with Crippen LogP contribution in [0.4, 0.5) is 0 Å². The van der Waals surface area contributed by atoms with Gasteiger partial charge in [-0.15, -0.1) is 0 Å². The minimum Gasteiger partial charge on any atom is -0.486 e. The molecule has 2 unspecified atom stereocenters. The molecule has 0 aliphatic carbocycles. The summed E-state index contributed by atoms with van der Waals surface area (Å²) in [5, 5.41) is 3.41. The van der Waals surface area contributed by atoms with Crippen molar-refractivity contribution in [3.63, 3.8) is 0 Å². The van der Waals surface area contributed by atoms with Crippen molar-refractivity contribution in [1.82, 2.24) is 10.2 Å². The second-order valence-corrected chi connectivity index (χ2v) is 5.98. The van der Waals surface area contributed by atoms with E-state index in [2.05, 4.69) is 5.32 Å². The van der Waals surface area contributed by atoms with E-state index in [4.69, 9.17) is 9.47 Å². The van der Waals surface area contributed by atoms with E-state index in [9.17, 15) is 4.79 Å². The number of hydrogen-bond acceptors (Lipinski definition) is 4. The van der Waals surface area contributed by atoms with Gasteiger partial charge in [0.2, 0.25) is 0 Å². The first-order chi connectivity index (χ1) is 10.3. The molecule has 2 fully saturated rings. The maximum atomic E-state index is 12.8. The SMILES string of the molecule is O=C(c1ccc2c(c1)OCCO2)N1CCCC2CNCC21. The molecular weight excluding hydrogens is 268 g/mol. The predicted molar refractivity (Wildman–Crippen MR) is 77.9 cm³/mol. The van der Waals surface area contributed by atoms with Crippen molar-refractivity contribution in [3.8, 4) is 11.5 Å². The molecule has 112 valence electrons. The van der Waals surface area contributed by atoms with Crippen molar-refractivity contribution in [2.45, 2.75) is 18.9 Å². The Kier molecular flexibility index (Phi) is 3.22. The number of ether oxygens (including phenoxy) is 2. The smallest absolute Gasteiger partial charge is 0.254 e. The van der Waals surface area contributed by atoms with Crippen LogP contribution in [0.1, 0.15) is 23.2 Å². The standard InChI is InChI=1S/C16H20N2O3/c19-16(18-5-1-2-12-9-17-10-13(12)18)11-3-4-14-15(8-11)21-7-6-20-14/h3-4,8,12-13,17H,1-2,5-7,9-10H2. The number of fused-ring (bicyclic) bond motifs is 2. The summed E-state index contributed by atoms with van der Waals surface area (Å²) < 4.78 is 11.1. The van der Waals surface area contributed by atoms with Crippen molar-refractivity contribution in [2.75, 3.05) is 32.8 Å². The fourth-order valence-corrected chi connectivity index (χ4v) is 3.66. The van der Waals surface area contributed by atoms with Crippen LogP contribution in [0.15, 0.2) is 18.2 Å². The summed E-state index contributed by atoms with van der Waals surface area (Å²) in [6.45, 7) is 3.93. The zero-order valence-electron chi connectivity index (χ0n) is 12.0. The summed E-state index contributed by atoms with van der Waals surface area (Å²) in [6.07, 6.45) is 2.32. The van der Waals surface area contributed by atoms with Gasteiger partial charge in [0, 0.05) is 31.2 Å². The Balaban J connectivity index is 1.59. The van der Waals surface area contributed by atoms with Gasteiger partial charge in [0.15, 0.2) is 11.5 Å². The van der Waals surface area contributed by atoms with Crippen molar-refractivity contribution in [1.29, 1.82) is 0 Å². The molecule has 1 aromatic carbocycles. The average molecular weight is 288 g/mol. The molecular formula is C16H20N2O3. The number of carbonyl (C=O) groups excluding carboxylic acids is 1. The Morgan fingerprint density at radius 3 is 2.95 bits per heavy atom. The number of rotatable bonds is 1. The van der Waals surface area contributed by atoms with Crippen molar-refractivity contribution in [3.05, 3.63) is 23.8 Å². The van der Waals surface area contributed by atoms with Gasteiger partial charge in [0.25, 0.3) is 5.91 Å². The highest BCUT2D eigenvalue weighted by atomic mass is 16.6. The van der Waals surface area contributed by atoms with Gasteiger partial charge >= 0.3 is 0 Å². The van der Waals surface area contributed by atoms with Gasteiger partial charge in [0.1, 0.15) is 13.2 Å². The molecule has 4 rings (SSSR count). The largest absolute Gasteiger partial charge is 0.486 e. The molecule has 3 heterocycles. The first-order valence-corrected chi connectivity index (χ1v) is 7.74. The molecule has 2 atom stereocenters. The van der Waals surface area contributed by atoms with Crippen LogP contribution < -0.4 is 14.8 Å². The molecule has 5 nitrogen and oxygen atoms in total. The van der Waals surface area contributed by atoms with Gasteiger partial charge in [-0.2, -0.15) is 0 Å². The van der Waals surface area contributed by atoms with Gasteiger partial charge in [-0.05, 0) is 37.0 Å². The molecule has 2 saturated heterocycles. The van der Waals surface area contributed by atoms with Crippen molar-refractivity contribution in [2.24, 2.45) is 5.92 Å². The fraction of sp³-hybridized carbons (Fsp3) is 0.562. The first-order valence-electron chi connectivity index (χ1n) is 7.74. The van der Waals surface area contributed by atoms with Crippen LogP contribution in [0.5, 0.6) is 11.5 Å². The van der Waals surface area contributed by atoms with E-state index in [0.29, 0.717) is 36.5 Å². The minimum absolute atomic E-state index is 0.116. The number of nitrogens with zero attached hydrogens (tertiary/aromatic N) is 1. The summed E-state index contributed by atoms with van der Waals surface area (Å²) in [5.74, 6) is 2.15. The summed E-state index contributed by atoms with van der Waals surface area (Å²) in [7, 11) is 0. The van der Waals surface area contributed by atoms with E-state index in [1.54, 1.807) is 0 Å².